The fourth-order valence-electron chi connectivity index (χ4n) is 1.38. The van der Waals surface area contributed by atoms with Crippen LogP contribution < -0.4 is 5.48 Å². The number of benzene rings is 1. The monoisotopic (exact) mass is 197 g/mol. The normalized spacial score (nSPS) is 27.5. The van der Waals surface area contributed by atoms with Crippen molar-refractivity contribution in [3.8, 4) is 0 Å². The standard InChI is InChI=1S/C9H12NO2P/c11-5-9(6-13-9)7-1-3-8(10-12)4-2-7/h1-4,10-13H,5-6H2. The Morgan fingerprint density at radius 1 is 1.38 bits per heavy atom. The minimum Gasteiger partial charge on any atom is -0.395 e. The first-order valence-electron chi connectivity index (χ1n) is 4.17. The van der Waals surface area contributed by atoms with Gasteiger partial charge in [-0.15, -0.1) is 8.58 Å². The third-order valence-corrected chi connectivity index (χ3v) is 4.09. The van der Waals surface area contributed by atoms with E-state index < -0.39 is 0 Å². The molecule has 0 bridgehead atoms. The fourth-order valence-corrected chi connectivity index (χ4v) is 2.39. The number of anilines is 1. The maximum absolute atomic E-state index is 9.18. The molecular formula is C9H12NO2P. The molecule has 2 unspecified atom stereocenters. The summed E-state index contributed by atoms with van der Waals surface area (Å²) >= 11 is 0. The van der Waals surface area contributed by atoms with E-state index >= 15 is 0 Å². The lowest BCUT2D eigenvalue weighted by Crippen LogP contribution is -2.11. The van der Waals surface area contributed by atoms with Crippen LogP contribution in [0.4, 0.5) is 5.69 Å². The summed E-state index contributed by atoms with van der Waals surface area (Å²) in [6, 6.07) is 7.54. The highest BCUT2D eigenvalue weighted by Gasteiger charge is 2.43. The van der Waals surface area contributed by atoms with Gasteiger partial charge < -0.3 is 5.11 Å². The van der Waals surface area contributed by atoms with Gasteiger partial charge in [0, 0.05) is 5.16 Å². The minimum atomic E-state index is 0.0496. The van der Waals surface area contributed by atoms with Crippen molar-refractivity contribution in [2.45, 2.75) is 5.16 Å². The second-order valence-electron chi connectivity index (χ2n) is 3.28. The van der Waals surface area contributed by atoms with E-state index in [1.807, 2.05) is 24.3 Å². The highest BCUT2D eigenvalue weighted by atomic mass is 31.1. The number of aliphatic hydroxyl groups is 1. The third-order valence-electron chi connectivity index (χ3n) is 2.44. The Bertz CT molecular complexity index is 295. The van der Waals surface area contributed by atoms with Gasteiger partial charge in [0.15, 0.2) is 0 Å². The molecule has 0 radical (unpaired) electrons. The molecule has 1 aromatic rings. The maximum atomic E-state index is 9.18. The number of aliphatic hydroxyl groups excluding tert-OH is 1. The summed E-state index contributed by atoms with van der Waals surface area (Å²) < 4.78 is 0. The van der Waals surface area contributed by atoms with Crippen LogP contribution in [0, 0.1) is 0 Å². The lowest BCUT2D eigenvalue weighted by atomic mass is 10.0. The topological polar surface area (TPSA) is 52.5 Å². The summed E-state index contributed by atoms with van der Waals surface area (Å²) in [7, 11) is 0.837. The van der Waals surface area contributed by atoms with Crippen molar-refractivity contribution < 1.29 is 10.3 Å². The largest absolute Gasteiger partial charge is 0.395 e. The molecule has 1 heterocycles. The zero-order valence-electron chi connectivity index (χ0n) is 7.12. The minimum absolute atomic E-state index is 0.0496. The molecule has 3 nitrogen and oxygen atoms in total. The highest BCUT2D eigenvalue weighted by Crippen LogP contribution is 2.59. The van der Waals surface area contributed by atoms with Gasteiger partial charge in [-0.3, -0.25) is 10.7 Å². The van der Waals surface area contributed by atoms with Gasteiger partial charge in [0.25, 0.3) is 0 Å². The predicted octanol–water partition coefficient (Wildman–Crippen LogP) is 1.37. The Balaban J connectivity index is 2.23. The van der Waals surface area contributed by atoms with Crippen molar-refractivity contribution in [3.05, 3.63) is 29.8 Å². The van der Waals surface area contributed by atoms with Crippen LogP contribution in [-0.2, 0) is 5.16 Å². The van der Waals surface area contributed by atoms with Gasteiger partial charge >= 0.3 is 0 Å². The Morgan fingerprint density at radius 2 is 2.00 bits per heavy atom. The van der Waals surface area contributed by atoms with E-state index in [0.717, 1.165) is 14.7 Å². The van der Waals surface area contributed by atoms with Crippen LogP contribution >= 0.6 is 8.58 Å². The molecule has 13 heavy (non-hydrogen) atoms. The molecule has 2 atom stereocenters. The molecule has 1 aromatic carbocycles. The Morgan fingerprint density at radius 3 is 2.38 bits per heavy atom. The van der Waals surface area contributed by atoms with E-state index in [0.29, 0.717) is 5.69 Å². The molecule has 0 spiro atoms. The van der Waals surface area contributed by atoms with E-state index in [2.05, 4.69) is 5.48 Å². The maximum Gasteiger partial charge on any atom is 0.0602 e. The quantitative estimate of drug-likeness (QED) is 0.506. The summed E-state index contributed by atoms with van der Waals surface area (Å²) in [5.41, 5.74) is 3.94. The lowest BCUT2D eigenvalue weighted by Gasteiger charge is -2.11. The summed E-state index contributed by atoms with van der Waals surface area (Å²) in [6.07, 6.45) is 1.09. The van der Waals surface area contributed by atoms with Crippen LogP contribution in [0.1, 0.15) is 5.56 Å². The average Bonchev–Trinajstić information content (AvgIpc) is 2.99. The second-order valence-corrected chi connectivity index (χ2v) is 4.95. The molecule has 3 N–H and O–H groups in total. The Kier molecular flexibility index (Phi) is 2.24. The number of hydrogen-bond donors (Lipinski definition) is 3. The lowest BCUT2D eigenvalue weighted by molar-refractivity contribution is 0.271. The van der Waals surface area contributed by atoms with Crippen LogP contribution in [0.3, 0.4) is 0 Å². The molecule has 2 rings (SSSR count). The van der Waals surface area contributed by atoms with Crippen LogP contribution in [-0.4, -0.2) is 23.1 Å². The van der Waals surface area contributed by atoms with Gasteiger partial charge in [-0.1, -0.05) is 12.1 Å². The van der Waals surface area contributed by atoms with Crippen LogP contribution in [0.5, 0.6) is 0 Å². The van der Waals surface area contributed by atoms with E-state index in [1.165, 1.54) is 5.56 Å². The van der Waals surface area contributed by atoms with Gasteiger partial charge in [-0.05, 0) is 23.9 Å². The fraction of sp³-hybridized carbons (Fsp3) is 0.333. The first-order chi connectivity index (χ1) is 6.30. The molecule has 4 heteroatoms. The van der Waals surface area contributed by atoms with E-state index in [4.69, 9.17) is 5.21 Å². The molecule has 1 fully saturated rings. The zero-order chi connectivity index (χ0) is 9.31. The van der Waals surface area contributed by atoms with Crippen molar-refractivity contribution in [1.82, 2.24) is 0 Å². The molecule has 1 aliphatic heterocycles. The van der Waals surface area contributed by atoms with Crippen molar-refractivity contribution in [2.24, 2.45) is 0 Å². The average molecular weight is 197 g/mol. The predicted molar refractivity (Wildman–Crippen MR) is 53.8 cm³/mol. The molecular weight excluding hydrogens is 185 g/mol. The first-order valence-corrected chi connectivity index (χ1v) is 5.38. The molecule has 0 amide bonds. The van der Waals surface area contributed by atoms with Gasteiger partial charge in [-0.25, -0.2) is 0 Å². The molecule has 1 saturated heterocycles. The molecule has 0 saturated carbocycles. The number of nitrogens with one attached hydrogen (secondary N) is 1. The smallest absolute Gasteiger partial charge is 0.0602 e. The van der Waals surface area contributed by atoms with Crippen molar-refractivity contribution >= 4 is 14.3 Å². The molecule has 70 valence electrons. The Labute approximate surface area is 78.5 Å². The first kappa shape index (κ1) is 8.95. The molecule has 0 aromatic heterocycles. The van der Waals surface area contributed by atoms with Gasteiger partial charge in [0.05, 0.1) is 12.3 Å². The van der Waals surface area contributed by atoms with Gasteiger partial charge in [-0.2, -0.15) is 0 Å². The summed E-state index contributed by atoms with van der Waals surface area (Å²) in [4.78, 5) is 0. The number of rotatable bonds is 3. The van der Waals surface area contributed by atoms with E-state index in [1.54, 1.807) is 0 Å². The number of hydrogen-bond acceptors (Lipinski definition) is 3. The second kappa shape index (κ2) is 3.26. The van der Waals surface area contributed by atoms with Crippen molar-refractivity contribution in [3.63, 3.8) is 0 Å². The summed E-state index contributed by atoms with van der Waals surface area (Å²) in [5.74, 6) is 0. The molecule has 1 aliphatic rings. The van der Waals surface area contributed by atoms with E-state index in [9.17, 15) is 5.11 Å². The zero-order valence-corrected chi connectivity index (χ0v) is 8.12. The SMILES string of the molecule is OCC1(c2ccc(NO)cc2)CP1. The summed E-state index contributed by atoms with van der Waals surface area (Å²) in [6.45, 7) is 0.233. The molecule has 0 aliphatic carbocycles. The van der Waals surface area contributed by atoms with Crippen LogP contribution in [0.25, 0.3) is 0 Å². The van der Waals surface area contributed by atoms with Crippen molar-refractivity contribution in [2.75, 3.05) is 18.2 Å². The summed E-state index contributed by atoms with van der Waals surface area (Å²) in [5, 5.41) is 17.8. The van der Waals surface area contributed by atoms with Gasteiger partial charge in [0.1, 0.15) is 0 Å². The van der Waals surface area contributed by atoms with Crippen LogP contribution in [0.2, 0.25) is 0 Å². The van der Waals surface area contributed by atoms with Crippen LogP contribution in [0.15, 0.2) is 24.3 Å². The Hall–Kier alpha value is -0.630. The third kappa shape index (κ3) is 1.55. The van der Waals surface area contributed by atoms with Gasteiger partial charge in [0.2, 0.25) is 0 Å². The van der Waals surface area contributed by atoms with E-state index in [-0.39, 0.29) is 11.8 Å². The van der Waals surface area contributed by atoms with Crippen molar-refractivity contribution in [1.29, 1.82) is 0 Å². The highest BCUT2D eigenvalue weighted by molar-refractivity contribution is 7.48.